The molecule has 0 aliphatic heterocycles. The van der Waals surface area contributed by atoms with Gasteiger partial charge in [0.15, 0.2) is 0 Å². The Bertz CT molecular complexity index is 846. The van der Waals surface area contributed by atoms with Gasteiger partial charge in [-0.15, -0.1) is 0 Å². The molecule has 3 N–H and O–H groups in total. The van der Waals surface area contributed by atoms with Gasteiger partial charge in [0, 0.05) is 13.1 Å². The zero-order valence-corrected chi connectivity index (χ0v) is 22.6. The normalized spacial score (nSPS) is 12.7. The number of ether oxygens (including phenoxy) is 2. The molecule has 0 aliphatic carbocycles. The minimum absolute atomic E-state index is 0.0220. The Morgan fingerprint density at radius 2 is 1.81 bits per heavy atom. The predicted molar refractivity (Wildman–Crippen MR) is 138 cm³/mol. The smallest absolute Gasteiger partial charge is 0.408 e. The summed E-state index contributed by atoms with van der Waals surface area (Å²) in [6.07, 6.45) is 1.41. The van der Waals surface area contributed by atoms with Crippen molar-refractivity contribution in [2.24, 2.45) is 0 Å². The van der Waals surface area contributed by atoms with Gasteiger partial charge < -0.3 is 30.1 Å². The van der Waals surface area contributed by atoms with Crippen molar-refractivity contribution in [1.29, 1.82) is 0 Å². The molecule has 10 nitrogen and oxygen atoms in total. The van der Waals surface area contributed by atoms with Crippen molar-refractivity contribution in [3.05, 3.63) is 35.9 Å². The van der Waals surface area contributed by atoms with Crippen molar-refractivity contribution >= 4 is 35.6 Å². The largest absolute Gasteiger partial charge is 0.466 e. The van der Waals surface area contributed by atoms with Crippen LogP contribution in [0.15, 0.2) is 30.3 Å². The Balaban J connectivity index is 3.23. The van der Waals surface area contributed by atoms with Crippen LogP contribution in [0.1, 0.15) is 52.1 Å². The highest BCUT2D eigenvalue weighted by atomic mass is 32.2. The molecule has 0 saturated heterocycles. The lowest BCUT2D eigenvalue weighted by Crippen LogP contribution is -2.54. The average Bonchev–Trinajstić information content (AvgIpc) is 2.80. The van der Waals surface area contributed by atoms with Crippen molar-refractivity contribution < 1.29 is 33.8 Å². The number of nitrogens with zero attached hydrogens (tertiary/aromatic N) is 1. The molecule has 3 amide bonds. The fourth-order valence-corrected chi connectivity index (χ4v) is 3.81. The molecule has 0 radical (unpaired) electrons. The van der Waals surface area contributed by atoms with Gasteiger partial charge in [0.25, 0.3) is 0 Å². The Kier molecular flexibility index (Phi) is 13.9. The quantitative estimate of drug-likeness (QED) is 0.315. The van der Waals surface area contributed by atoms with Gasteiger partial charge in [0.05, 0.1) is 19.6 Å². The fraction of sp³-hybridized carbons (Fsp3) is 0.600. The van der Waals surface area contributed by atoms with E-state index >= 15 is 0 Å². The van der Waals surface area contributed by atoms with E-state index in [1.165, 1.54) is 16.7 Å². The summed E-state index contributed by atoms with van der Waals surface area (Å²) in [5.74, 6) is -0.927. The summed E-state index contributed by atoms with van der Waals surface area (Å²) < 4.78 is 10.2. The summed E-state index contributed by atoms with van der Waals surface area (Å²) in [5, 5.41) is 15.1. The van der Waals surface area contributed by atoms with E-state index in [-0.39, 0.29) is 26.1 Å². The molecule has 0 aromatic heterocycles. The van der Waals surface area contributed by atoms with Crippen LogP contribution in [0, 0.1) is 0 Å². The van der Waals surface area contributed by atoms with Gasteiger partial charge >= 0.3 is 12.1 Å². The second kappa shape index (κ2) is 16.1. The monoisotopic (exact) mass is 525 g/mol. The third-order valence-corrected chi connectivity index (χ3v) is 5.48. The van der Waals surface area contributed by atoms with E-state index in [9.17, 15) is 24.3 Å². The van der Waals surface area contributed by atoms with Gasteiger partial charge in [-0.25, -0.2) is 4.79 Å². The maximum atomic E-state index is 13.7. The molecule has 1 aromatic rings. The number of rotatable bonds is 14. The van der Waals surface area contributed by atoms with Crippen LogP contribution in [0.3, 0.4) is 0 Å². The summed E-state index contributed by atoms with van der Waals surface area (Å²) in [4.78, 5) is 52.4. The molecule has 36 heavy (non-hydrogen) atoms. The third kappa shape index (κ3) is 11.3. The first-order valence-electron chi connectivity index (χ1n) is 11.9. The second-order valence-electron chi connectivity index (χ2n) is 8.89. The Morgan fingerprint density at radius 3 is 2.36 bits per heavy atom. The number of nitrogens with one attached hydrogen (secondary N) is 2. The lowest BCUT2D eigenvalue weighted by atomic mass is 10.0. The molecule has 0 saturated carbocycles. The molecular weight excluding hydrogens is 486 g/mol. The van der Waals surface area contributed by atoms with E-state index in [1.807, 2.05) is 6.26 Å². The van der Waals surface area contributed by atoms with Crippen LogP contribution < -0.4 is 10.6 Å². The Labute approximate surface area is 217 Å². The standard InChI is InChI=1S/C25H39N3O7S/c1-6-34-20(30)12-14-26-22(31)21(18-10-8-7-9-11-18)28(15-16-29)23(32)19(13-17-36-5)27-24(33)35-25(2,3)4/h7-11,19,21,29H,6,12-17H2,1-5H3,(H,26,31)(H,27,33). The minimum Gasteiger partial charge on any atom is -0.466 e. The highest BCUT2D eigenvalue weighted by Gasteiger charge is 2.35. The summed E-state index contributed by atoms with van der Waals surface area (Å²) in [5.41, 5.74) is -0.235. The van der Waals surface area contributed by atoms with Crippen LogP contribution in [0.5, 0.6) is 0 Å². The van der Waals surface area contributed by atoms with Crippen LogP contribution in [-0.2, 0) is 23.9 Å². The number of thioether (sulfide) groups is 1. The first-order valence-corrected chi connectivity index (χ1v) is 13.3. The molecule has 1 rings (SSSR count). The SMILES string of the molecule is CCOC(=O)CCNC(=O)C(c1ccccc1)N(CCO)C(=O)C(CCSC)NC(=O)OC(C)(C)C. The number of hydrogen-bond acceptors (Lipinski definition) is 8. The predicted octanol–water partition coefficient (Wildman–Crippen LogP) is 2.26. The number of amides is 3. The summed E-state index contributed by atoms with van der Waals surface area (Å²) in [6.45, 7) is 6.57. The number of aliphatic hydroxyl groups excluding tert-OH is 1. The third-order valence-electron chi connectivity index (χ3n) is 4.83. The van der Waals surface area contributed by atoms with Crippen LogP contribution >= 0.6 is 11.8 Å². The number of aliphatic hydroxyl groups is 1. The van der Waals surface area contributed by atoms with Crippen LogP contribution in [-0.4, -0.2) is 83.8 Å². The van der Waals surface area contributed by atoms with Gasteiger partial charge in [-0.3, -0.25) is 14.4 Å². The number of hydrogen-bond donors (Lipinski definition) is 3. The second-order valence-corrected chi connectivity index (χ2v) is 9.88. The molecule has 11 heteroatoms. The van der Waals surface area contributed by atoms with Gasteiger partial charge in [-0.1, -0.05) is 30.3 Å². The zero-order valence-electron chi connectivity index (χ0n) is 21.7. The summed E-state index contributed by atoms with van der Waals surface area (Å²) in [7, 11) is 0. The molecule has 2 unspecified atom stereocenters. The Hall–Kier alpha value is -2.79. The van der Waals surface area contributed by atoms with Gasteiger partial charge in [-0.2, -0.15) is 11.8 Å². The van der Waals surface area contributed by atoms with Crippen molar-refractivity contribution in [2.45, 2.75) is 58.2 Å². The maximum Gasteiger partial charge on any atom is 0.408 e. The highest BCUT2D eigenvalue weighted by Crippen LogP contribution is 2.23. The lowest BCUT2D eigenvalue weighted by Gasteiger charge is -2.34. The molecule has 0 fully saturated rings. The number of alkyl carbamates (subject to hydrolysis) is 1. The van der Waals surface area contributed by atoms with Crippen LogP contribution in [0.25, 0.3) is 0 Å². The molecule has 0 aliphatic rings. The van der Waals surface area contributed by atoms with Gasteiger partial charge in [-0.05, 0) is 51.7 Å². The number of carbonyl (C=O) groups is 4. The summed E-state index contributed by atoms with van der Waals surface area (Å²) in [6, 6.07) is 6.59. The van der Waals surface area contributed by atoms with Gasteiger partial charge in [0.1, 0.15) is 17.7 Å². The zero-order chi connectivity index (χ0) is 27.1. The highest BCUT2D eigenvalue weighted by molar-refractivity contribution is 7.98. The first-order chi connectivity index (χ1) is 17.0. The van der Waals surface area contributed by atoms with Crippen molar-refractivity contribution in [1.82, 2.24) is 15.5 Å². The van der Waals surface area contributed by atoms with Crippen LogP contribution in [0.4, 0.5) is 4.79 Å². The Morgan fingerprint density at radius 1 is 1.14 bits per heavy atom. The molecule has 0 heterocycles. The van der Waals surface area contributed by atoms with E-state index in [0.29, 0.717) is 17.7 Å². The van der Waals surface area contributed by atoms with Gasteiger partial charge in [0.2, 0.25) is 11.8 Å². The fourth-order valence-electron chi connectivity index (χ4n) is 3.34. The average molecular weight is 526 g/mol. The van der Waals surface area contributed by atoms with E-state index in [4.69, 9.17) is 9.47 Å². The molecule has 0 spiro atoms. The van der Waals surface area contributed by atoms with Crippen LogP contribution in [0.2, 0.25) is 0 Å². The molecule has 202 valence electrons. The molecule has 2 atom stereocenters. The van der Waals surface area contributed by atoms with E-state index in [0.717, 1.165) is 0 Å². The molecular formula is C25H39N3O7S. The van der Waals surface area contributed by atoms with Crippen molar-refractivity contribution in [3.63, 3.8) is 0 Å². The minimum atomic E-state index is -1.09. The number of benzene rings is 1. The lowest BCUT2D eigenvalue weighted by molar-refractivity contribution is -0.144. The topological polar surface area (TPSA) is 134 Å². The van der Waals surface area contributed by atoms with Crippen molar-refractivity contribution in [2.75, 3.05) is 38.3 Å². The van der Waals surface area contributed by atoms with E-state index < -0.39 is 48.2 Å². The summed E-state index contributed by atoms with van der Waals surface area (Å²) >= 11 is 1.51. The van der Waals surface area contributed by atoms with Crippen molar-refractivity contribution in [3.8, 4) is 0 Å². The molecule has 1 aromatic carbocycles. The first kappa shape index (κ1) is 31.2. The maximum absolute atomic E-state index is 13.7. The van der Waals surface area contributed by atoms with E-state index in [2.05, 4.69) is 10.6 Å². The van der Waals surface area contributed by atoms with E-state index in [1.54, 1.807) is 58.0 Å². The molecule has 0 bridgehead atoms. The number of esters is 1. The number of carbonyl (C=O) groups excluding carboxylic acids is 4.